The zero-order valence-corrected chi connectivity index (χ0v) is 14.4. The van der Waals surface area contributed by atoms with Crippen molar-refractivity contribution in [2.24, 2.45) is 10.9 Å². The minimum absolute atomic E-state index is 0.189. The Bertz CT molecular complexity index is 958. The molecule has 0 unspecified atom stereocenters. The number of aliphatic imine (C=N–C) groups is 1. The van der Waals surface area contributed by atoms with E-state index in [2.05, 4.69) is 10.3 Å². The second-order valence-corrected chi connectivity index (χ2v) is 6.63. The molecule has 5 nitrogen and oxygen atoms in total. The van der Waals surface area contributed by atoms with Crippen molar-refractivity contribution in [2.45, 2.75) is 19.3 Å². The molecule has 1 N–H and O–H groups in total. The highest BCUT2D eigenvalue weighted by Gasteiger charge is 2.37. The molecule has 138 valence electrons. The number of benzene rings is 2. The van der Waals surface area contributed by atoms with Gasteiger partial charge in [-0.3, -0.25) is 14.6 Å². The molecule has 27 heavy (non-hydrogen) atoms. The number of halogens is 2. The Kier molecular flexibility index (Phi) is 4.43. The summed E-state index contributed by atoms with van der Waals surface area (Å²) in [6.07, 6.45) is 2.34. The Morgan fingerprint density at radius 3 is 2.89 bits per heavy atom. The van der Waals surface area contributed by atoms with Gasteiger partial charge < -0.3 is 10.2 Å². The number of rotatable bonds is 3. The summed E-state index contributed by atoms with van der Waals surface area (Å²) < 4.78 is 27.1. The maximum atomic E-state index is 13.8. The summed E-state index contributed by atoms with van der Waals surface area (Å²) in [6.45, 7) is -0.300. The first-order valence-electron chi connectivity index (χ1n) is 8.75. The van der Waals surface area contributed by atoms with Gasteiger partial charge in [-0.2, -0.15) is 0 Å². The van der Waals surface area contributed by atoms with Crippen LogP contribution < -0.4 is 10.2 Å². The maximum Gasteiger partial charge on any atom is 0.244 e. The highest BCUT2D eigenvalue weighted by Crippen LogP contribution is 2.37. The Hall–Kier alpha value is -3.09. The van der Waals surface area contributed by atoms with Crippen molar-refractivity contribution < 1.29 is 18.4 Å². The zero-order chi connectivity index (χ0) is 19.0. The molecular formula is C20H17F2N3O2. The van der Waals surface area contributed by atoms with Crippen molar-refractivity contribution >= 4 is 34.6 Å². The van der Waals surface area contributed by atoms with Crippen LogP contribution in [0.2, 0.25) is 0 Å². The maximum absolute atomic E-state index is 13.8. The van der Waals surface area contributed by atoms with Crippen molar-refractivity contribution in [1.82, 2.24) is 0 Å². The van der Waals surface area contributed by atoms with Crippen molar-refractivity contribution in [1.29, 1.82) is 0 Å². The van der Waals surface area contributed by atoms with Crippen LogP contribution >= 0.6 is 0 Å². The average Bonchev–Trinajstić information content (AvgIpc) is 3.07. The van der Waals surface area contributed by atoms with Crippen molar-refractivity contribution in [2.75, 3.05) is 16.8 Å². The average molecular weight is 369 g/mol. The number of hydrogen-bond acceptors (Lipinski definition) is 3. The lowest BCUT2D eigenvalue weighted by atomic mass is 10.1. The Morgan fingerprint density at radius 1 is 1.22 bits per heavy atom. The third kappa shape index (κ3) is 3.32. The molecular weight excluding hydrogens is 352 g/mol. The summed E-state index contributed by atoms with van der Waals surface area (Å²) in [6, 6.07) is 9.94. The molecule has 4 rings (SSSR count). The number of amides is 2. The molecule has 1 aliphatic heterocycles. The molecule has 2 aromatic rings. The lowest BCUT2D eigenvalue weighted by Crippen LogP contribution is -2.42. The molecule has 0 aromatic heterocycles. The first kappa shape index (κ1) is 17.3. The molecule has 1 saturated carbocycles. The molecule has 2 amide bonds. The third-order valence-corrected chi connectivity index (χ3v) is 4.83. The van der Waals surface area contributed by atoms with Crippen LogP contribution in [-0.2, 0) is 9.59 Å². The standard InChI is InChI=1S/C20H17F2N3O2/c21-12-8-9-14(22)17(10-12)24-19(26)11-25-18-7-2-1-5-16(18)23-15-6-3-4-13(15)20(25)27/h1-2,5,7-10,13H,3-4,6,11H2,(H,24,26)/t13-/m1/s1. The molecule has 0 spiro atoms. The second-order valence-electron chi connectivity index (χ2n) is 6.63. The van der Waals surface area contributed by atoms with Crippen molar-refractivity contribution in [3.8, 4) is 0 Å². The van der Waals surface area contributed by atoms with Crippen LogP contribution in [0.5, 0.6) is 0 Å². The van der Waals surface area contributed by atoms with Gasteiger partial charge in [-0.15, -0.1) is 0 Å². The molecule has 1 heterocycles. The highest BCUT2D eigenvalue weighted by atomic mass is 19.1. The van der Waals surface area contributed by atoms with E-state index in [9.17, 15) is 18.4 Å². The number of para-hydroxylation sites is 2. The smallest absolute Gasteiger partial charge is 0.244 e. The minimum Gasteiger partial charge on any atom is -0.322 e. The molecule has 0 saturated heterocycles. The van der Waals surface area contributed by atoms with Crippen molar-refractivity contribution in [3.63, 3.8) is 0 Å². The number of carbonyl (C=O) groups is 2. The number of carbonyl (C=O) groups excluding carboxylic acids is 2. The molecule has 0 radical (unpaired) electrons. The summed E-state index contributed by atoms with van der Waals surface area (Å²) in [5.74, 6) is -2.54. The fourth-order valence-electron chi connectivity index (χ4n) is 3.57. The highest BCUT2D eigenvalue weighted by molar-refractivity contribution is 6.16. The van der Waals surface area contributed by atoms with E-state index in [0.29, 0.717) is 17.8 Å². The number of nitrogens with one attached hydrogen (secondary N) is 1. The van der Waals surface area contributed by atoms with Gasteiger partial charge in [0.25, 0.3) is 0 Å². The van der Waals surface area contributed by atoms with Gasteiger partial charge in [-0.25, -0.2) is 8.78 Å². The second kappa shape index (κ2) is 6.90. The molecule has 0 bridgehead atoms. The molecule has 2 aromatic carbocycles. The summed E-state index contributed by atoms with van der Waals surface area (Å²) in [7, 11) is 0. The normalized spacial score (nSPS) is 18.4. The fourth-order valence-corrected chi connectivity index (χ4v) is 3.57. The van der Waals surface area contributed by atoms with Gasteiger partial charge in [-0.1, -0.05) is 12.1 Å². The molecule has 7 heteroatoms. The Balaban J connectivity index is 1.62. The molecule has 1 fully saturated rings. The van der Waals surface area contributed by atoms with Gasteiger partial charge in [0.1, 0.15) is 18.2 Å². The Labute approximate surface area is 154 Å². The molecule has 1 atom stereocenters. The minimum atomic E-state index is -0.742. The summed E-state index contributed by atoms with van der Waals surface area (Å²) in [5.41, 5.74) is 1.76. The summed E-state index contributed by atoms with van der Waals surface area (Å²) in [4.78, 5) is 31.5. The van der Waals surface area contributed by atoms with Gasteiger partial charge >= 0.3 is 0 Å². The number of anilines is 2. The van der Waals surface area contributed by atoms with Gasteiger partial charge in [-0.05, 0) is 43.5 Å². The van der Waals surface area contributed by atoms with Crippen LogP contribution in [-0.4, -0.2) is 24.1 Å². The van der Waals surface area contributed by atoms with Gasteiger partial charge in [0.05, 0.1) is 23.0 Å². The third-order valence-electron chi connectivity index (χ3n) is 4.83. The first-order chi connectivity index (χ1) is 13.0. The zero-order valence-electron chi connectivity index (χ0n) is 14.4. The number of fused-ring (bicyclic) bond motifs is 2. The fraction of sp³-hybridized carbons (Fsp3) is 0.250. The topological polar surface area (TPSA) is 61.8 Å². The van der Waals surface area contributed by atoms with Gasteiger partial charge in [0.2, 0.25) is 11.8 Å². The lowest BCUT2D eigenvalue weighted by molar-refractivity contribution is -0.123. The van der Waals surface area contributed by atoms with Gasteiger partial charge in [0, 0.05) is 11.8 Å². The predicted molar refractivity (Wildman–Crippen MR) is 98.2 cm³/mol. The summed E-state index contributed by atoms with van der Waals surface area (Å²) in [5, 5.41) is 2.34. The van der Waals surface area contributed by atoms with E-state index in [1.807, 2.05) is 6.07 Å². The summed E-state index contributed by atoms with van der Waals surface area (Å²) >= 11 is 0. The number of hydrogen-bond donors (Lipinski definition) is 1. The largest absolute Gasteiger partial charge is 0.322 e. The molecule has 2 aliphatic rings. The van der Waals surface area contributed by atoms with Gasteiger partial charge in [0.15, 0.2) is 0 Å². The van der Waals surface area contributed by atoms with Crippen LogP contribution in [0.4, 0.5) is 25.8 Å². The van der Waals surface area contributed by atoms with E-state index in [-0.39, 0.29) is 24.1 Å². The van der Waals surface area contributed by atoms with Crippen LogP contribution in [0.1, 0.15) is 19.3 Å². The lowest BCUT2D eigenvalue weighted by Gasteiger charge is -2.24. The molecule has 1 aliphatic carbocycles. The van der Waals surface area contributed by atoms with E-state index >= 15 is 0 Å². The van der Waals surface area contributed by atoms with E-state index in [4.69, 9.17) is 0 Å². The number of nitrogens with zero attached hydrogens (tertiary/aromatic N) is 2. The monoisotopic (exact) mass is 369 g/mol. The SMILES string of the molecule is O=C(CN1C(=O)[C@@H]2CCCC2=Nc2ccccc21)Nc1cc(F)ccc1F. The van der Waals surface area contributed by atoms with E-state index < -0.39 is 17.5 Å². The van der Waals surface area contributed by atoms with Crippen molar-refractivity contribution in [3.05, 3.63) is 54.1 Å². The predicted octanol–water partition coefficient (Wildman–Crippen LogP) is 3.82. The Morgan fingerprint density at radius 2 is 2.04 bits per heavy atom. The van der Waals surface area contributed by atoms with Crippen LogP contribution in [0.25, 0.3) is 0 Å². The van der Waals surface area contributed by atoms with Crippen LogP contribution in [0, 0.1) is 17.6 Å². The quantitative estimate of drug-likeness (QED) is 0.894. The van der Waals surface area contributed by atoms with E-state index in [1.54, 1.807) is 18.2 Å². The first-order valence-corrected chi connectivity index (χ1v) is 8.75. The van der Waals surface area contributed by atoms with Crippen LogP contribution in [0.3, 0.4) is 0 Å². The van der Waals surface area contributed by atoms with E-state index in [1.165, 1.54) is 4.90 Å². The van der Waals surface area contributed by atoms with Crippen LogP contribution in [0.15, 0.2) is 47.5 Å². The van der Waals surface area contributed by atoms with E-state index in [0.717, 1.165) is 36.8 Å².